The average Bonchev–Trinajstić information content (AvgIpc) is 2.62. The third-order valence-electron chi connectivity index (χ3n) is 4.74. The van der Waals surface area contributed by atoms with Crippen LogP contribution in [0.15, 0.2) is 41.9 Å². The third kappa shape index (κ3) is 3.90. The topological polar surface area (TPSA) is 42.0 Å². The van der Waals surface area contributed by atoms with Gasteiger partial charge >= 0.3 is 0 Å². The molecule has 1 atom stereocenters. The van der Waals surface area contributed by atoms with Gasteiger partial charge in [-0.25, -0.2) is 0 Å². The maximum Gasteiger partial charge on any atom is 0.292 e. The molecule has 0 aromatic heterocycles. The zero-order valence-corrected chi connectivity index (χ0v) is 14.5. The second-order valence-corrected chi connectivity index (χ2v) is 6.53. The largest absolute Gasteiger partial charge is 0.491 e. The first-order valence-electron chi connectivity index (χ1n) is 8.65. The number of nitrogens with zero attached hydrogens (tertiary/aromatic N) is 2. The smallest absolute Gasteiger partial charge is 0.292 e. The number of carbonyl (C=O) groups excluding carboxylic acids is 1. The van der Waals surface area contributed by atoms with Crippen molar-refractivity contribution < 1.29 is 14.3 Å². The predicted molar refractivity (Wildman–Crippen MR) is 92.1 cm³/mol. The van der Waals surface area contributed by atoms with E-state index in [0.29, 0.717) is 30.8 Å². The molecule has 130 valence electrons. The summed E-state index contributed by atoms with van der Waals surface area (Å²) in [6.07, 6.45) is 2.13. The molecule has 0 spiro atoms. The summed E-state index contributed by atoms with van der Waals surface area (Å²) in [6, 6.07) is 10.8. The van der Waals surface area contributed by atoms with E-state index in [2.05, 4.69) is 36.2 Å². The Morgan fingerprint density at radius 3 is 2.75 bits per heavy atom. The van der Waals surface area contributed by atoms with Crippen LogP contribution < -0.4 is 0 Å². The van der Waals surface area contributed by atoms with Crippen molar-refractivity contribution >= 4 is 5.91 Å². The van der Waals surface area contributed by atoms with E-state index in [0.717, 1.165) is 32.5 Å². The number of ether oxygens (including phenoxy) is 2. The first-order valence-corrected chi connectivity index (χ1v) is 8.65. The highest BCUT2D eigenvalue weighted by molar-refractivity contribution is 5.92. The van der Waals surface area contributed by atoms with E-state index in [-0.39, 0.29) is 5.91 Å². The number of carbonyl (C=O) groups is 1. The summed E-state index contributed by atoms with van der Waals surface area (Å²) in [7, 11) is 2.14. The first kappa shape index (κ1) is 16.8. The fourth-order valence-corrected chi connectivity index (χ4v) is 3.36. The molecule has 1 unspecified atom stereocenters. The Hall–Kier alpha value is -2.01. The summed E-state index contributed by atoms with van der Waals surface area (Å²) in [6.45, 7) is 5.19. The third-order valence-corrected chi connectivity index (χ3v) is 4.74. The summed E-state index contributed by atoms with van der Waals surface area (Å²) in [5, 5.41) is 0. The van der Waals surface area contributed by atoms with Gasteiger partial charge in [-0.05, 0) is 32.4 Å². The molecule has 0 saturated carbocycles. The molecular formula is C19H26N2O3. The van der Waals surface area contributed by atoms with Gasteiger partial charge in [-0.3, -0.25) is 9.69 Å². The minimum absolute atomic E-state index is 0.0370. The molecule has 2 aliphatic heterocycles. The van der Waals surface area contributed by atoms with Crippen LogP contribution in [0.5, 0.6) is 0 Å². The van der Waals surface area contributed by atoms with E-state index >= 15 is 0 Å². The lowest BCUT2D eigenvalue weighted by Crippen LogP contribution is -2.49. The number of hydrogen-bond acceptors (Lipinski definition) is 4. The molecule has 1 aromatic rings. The highest BCUT2D eigenvalue weighted by atomic mass is 16.6. The molecular weight excluding hydrogens is 304 g/mol. The number of benzene rings is 1. The van der Waals surface area contributed by atoms with Gasteiger partial charge in [0, 0.05) is 25.7 Å². The second-order valence-electron chi connectivity index (χ2n) is 6.53. The van der Waals surface area contributed by atoms with Crippen LogP contribution in [0.2, 0.25) is 0 Å². The molecule has 0 bridgehead atoms. The molecule has 0 N–H and O–H groups in total. The number of allylic oxidation sites excluding steroid dienone is 1. The van der Waals surface area contributed by atoms with Gasteiger partial charge in [0.15, 0.2) is 0 Å². The lowest BCUT2D eigenvalue weighted by atomic mass is 10.0. The van der Waals surface area contributed by atoms with E-state index in [1.54, 1.807) is 6.92 Å². The van der Waals surface area contributed by atoms with Gasteiger partial charge in [0.2, 0.25) is 5.76 Å². The zero-order valence-electron chi connectivity index (χ0n) is 14.5. The fourth-order valence-electron chi connectivity index (χ4n) is 3.36. The average molecular weight is 330 g/mol. The molecule has 2 heterocycles. The quantitative estimate of drug-likeness (QED) is 0.850. The van der Waals surface area contributed by atoms with Crippen LogP contribution in [0, 0.1) is 0 Å². The number of rotatable bonds is 4. The van der Waals surface area contributed by atoms with Crippen LogP contribution >= 0.6 is 0 Å². The van der Waals surface area contributed by atoms with Crippen LogP contribution in [0.4, 0.5) is 0 Å². The second kappa shape index (κ2) is 7.71. The summed E-state index contributed by atoms with van der Waals surface area (Å²) in [4.78, 5) is 17.0. The molecule has 1 fully saturated rings. The molecule has 3 rings (SSSR count). The molecule has 5 nitrogen and oxygen atoms in total. The molecule has 0 aliphatic carbocycles. The van der Waals surface area contributed by atoms with E-state index in [1.807, 2.05) is 11.0 Å². The Morgan fingerprint density at radius 1 is 1.25 bits per heavy atom. The molecule has 0 radical (unpaired) electrons. The summed E-state index contributed by atoms with van der Waals surface area (Å²) < 4.78 is 11.0. The van der Waals surface area contributed by atoms with Crippen molar-refractivity contribution in [1.82, 2.24) is 9.80 Å². The number of hydrogen-bond donors (Lipinski definition) is 0. The van der Waals surface area contributed by atoms with Crippen molar-refractivity contribution in [1.29, 1.82) is 0 Å². The zero-order chi connectivity index (χ0) is 16.9. The van der Waals surface area contributed by atoms with Gasteiger partial charge in [0.25, 0.3) is 5.91 Å². The highest BCUT2D eigenvalue weighted by Crippen LogP contribution is 2.21. The summed E-state index contributed by atoms with van der Waals surface area (Å²) >= 11 is 0. The van der Waals surface area contributed by atoms with Crippen molar-refractivity contribution in [3.8, 4) is 0 Å². The summed E-state index contributed by atoms with van der Waals surface area (Å²) in [5.74, 6) is 0.948. The number of amides is 1. The minimum Gasteiger partial charge on any atom is -0.491 e. The Morgan fingerprint density at radius 2 is 2.00 bits per heavy atom. The molecule has 1 aromatic carbocycles. The van der Waals surface area contributed by atoms with Crippen molar-refractivity contribution in [2.45, 2.75) is 32.4 Å². The van der Waals surface area contributed by atoms with Crippen molar-refractivity contribution in [3.63, 3.8) is 0 Å². The summed E-state index contributed by atoms with van der Waals surface area (Å²) in [5.41, 5.74) is 1.30. The fraction of sp³-hybridized carbons (Fsp3) is 0.526. The van der Waals surface area contributed by atoms with Crippen LogP contribution in [0.1, 0.15) is 25.3 Å². The molecule has 2 aliphatic rings. The Labute approximate surface area is 143 Å². The minimum atomic E-state index is -0.0370. The van der Waals surface area contributed by atoms with E-state index in [1.165, 1.54) is 5.56 Å². The Balaban J connectivity index is 1.62. The maximum atomic E-state index is 12.7. The Bertz CT molecular complexity index is 600. The molecule has 24 heavy (non-hydrogen) atoms. The highest BCUT2D eigenvalue weighted by Gasteiger charge is 2.30. The van der Waals surface area contributed by atoms with Crippen LogP contribution in [-0.4, -0.2) is 55.1 Å². The standard InChI is InChI=1S/C19H26N2O3/c1-15-18(24-12-11-23-15)19(22)21-10-6-9-17(14-21)20(2)13-16-7-4-3-5-8-16/h3-5,7-8,17H,6,9-14H2,1-2H3. The number of likely N-dealkylation sites (N-methyl/N-ethyl adjacent to an activating group) is 1. The van der Waals surface area contributed by atoms with E-state index < -0.39 is 0 Å². The lowest BCUT2D eigenvalue weighted by molar-refractivity contribution is -0.134. The van der Waals surface area contributed by atoms with Gasteiger partial charge in [-0.1, -0.05) is 30.3 Å². The molecule has 5 heteroatoms. The van der Waals surface area contributed by atoms with E-state index in [4.69, 9.17) is 9.47 Å². The van der Waals surface area contributed by atoms with Gasteiger partial charge in [0.05, 0.1) is 0 Å². The first-order chi connectivity index (χ1) is 11.6. The van der Waals surface area contributed by atoms with Crippen molar-refractivity contribution in [2.24, 2.45) is 0 Å². The molecule has 1 amide bonds. The van der Waals surface area contributed by atoms with Gasteiger partial charge in [0.1, 0.15) is 19.0 Å². The number of likely N-dealkylation sites (tertiary alicyclic amines) is 1. The van der Waals surface area contributed by atoms with Gasteiger partial charge < -0.3 is 14.4 Å². The van der Waals surface area contributed by atoms with Crippen LogP contribution in [0.25, 0.3) is 0 Å². The van der Waals surface area contributed by atoms with Crippen molar-refractivity contribution in [3.05, 3.63) is 47.4 Å². The number of piperidine rings is 1. The van der Waals surface area contributed by atoms with Gasteiger partial charge in [-0.2, -0.15) is 0 Å². The maximum absolute atomic E-state index is 12.7. The van der Waals surface area contributed by atoms with Crippen LogP contribution in [0.3, 0.4) is 0 Å². The van der Waals surface area contributed by atoms with Crippen LogP contribution in [-0.2, 0) is 20.8 Å². The molecule has 1 saturated heterocycles. The monoisotopic (exact) mass is 330 g/mol. The normalized spacial score (nSPS) is 21.5. The Kier molecular flexibility index (Phi) is 5.41. The van der Waals surface area contributed by atoms with Crippen molar-refractivity contribution in [2.75, 3.05) is 33.4 Å². The predicted octanol–water partition coefficient (Wildman–Crippen LogP) is 2.39. The van der Waals surface area contributed by atoms with E-state index in [9.17, 15) is 4.79 Å². The van der Waals surface area contributed by atoms with Gasteiger partial charge in [-0.15, -0.1) is 0 Å². The SMILES string of the molecule is CC1=C(C(=O)N2CCCC(N(C)Cc3ccccc3)C2)OCCO1. The lowest BCUT2D eigenvalue weighted by Gasteiger charge is -2.38.